The first-order valence-electron chi connectivity index (χ1n) is 11.4. The molecule has 35 heavy (non-hydrogen) atoms. The van der Waals surface area contributed by atoms with Gasteiger partial charge >= 0.3 is 0 Å². The quantitative estimate of drug-likeness (QED) is 0.194. The maximum atomic E-state index is 12.8. The summed E-state index contributed by atoms with van der Waals surface area (Å²) in [5.41, 5.74) is 1.89. The third-order valence-corrected chi connectivity index (χ3v) is 7.40. The van der Waals surface area contributed by atoms with Crippen LogP contribution in [-0.4, -0.2) is 36.2 Å². The molecule has 0 heterocycles. The predicted molar refractivity (Wildman–Crippen MR) is 153 cm³/mol. The topological polar surface area (TPSA) is 32.7 Å². The predicted octanol–water partition coefficient (Wildman–Crippen LogP) is 7.96. The number of rotatable bonds is 9. The minimum atomic E-state index is -1.23. The number of hydrogen-bond donors (Lipinski definition) is 1. The van der Waals surface area contributed by atoms with E-state index in [0.29, 0.717) is 23.5 Å². The molecule has 2 unspecified atom stereocenters. The van der Waals surface area contributed by atoms with Gasteiger partial charge < -0.3 is 14.7 Å². The van der Waals surface area contributed by atoms with Crippen LogP contribution >= 0.6 is 43.5 Å². The van der Waals surface area contributed by atoms with Gasteiger partial charge in [0, 0.05) is 27.5 Å². The molecule has 0 bridgehead atoms. The van der Waals surface area contributed by atoms with Gasteiger partial charge in [0.1, 0.15) is 16.9 Å². The Labute approximate surface area is 228 Å². The summed E-state index contributed by atoms with van der Waals surface area (Å²) in [5.74, 6) is 0.321. The van der Waals surface area contributed by atoms with E-state index in [1.54, 1.807) is 0 Å². The van der Waals surface area contributed by atoms with Gasteiger partial charge in [0.2, 0.25) is 0 Å². The van der Waals surface area contributed by atoms with E-state index >= 15 is 0 Å². The van der Waals surface area contributed by atoms with E-state index in [1.165, 1.54) is 0 Å². The summed E-state index contributed by atoms with van der Waals surface area (Å²) in [7, 11) is 4.05. The summed E-state index contributed by atoms with van der Waals surface area (Å²) in [6.45, 7) is 0.704. The molecule has 0 aromatic heterocycles. The first-order chi connectivity index (χ1) is 16.8. The Bertz CT molecular complexity index is 1280. The molecule has 3 nitrogen and oxygen atoms in total. The van der Waals surface area contributed by atoms with Gasteiger partial charge in [0.25, 0.3) is 0 Å². The van der Waals surface area contributed by atoms with Crippen LogP contribution in [0.4, 0.5) is 0 Å². The molecule has 0 aliphatic rings. The van der Waals surface area contributed by atoms with Gasteiger partial charge in [-0.05, 0) is 88.7 Å². The second-order valence-electron chi connectivity index (χ2n) is 8.92. The van der Waals surface area contributed by atoms with Crippen molar-refractivity contribution >= 4 is 54.2 Å². The molecule has 0 aliphatic carbocycles. The Kier molecular flexibility index (Phi) is 8.56. The van der Waals surface area contributed by atoms with Gasteiger partial charge in [-0.3, -0.25) is 0 Å². The summed E-state index contributed by atoms with van der Waals surface area (Å²) >= 11 is 13.3. The zero-order valence-electron chi connectivity index (χ0n) is 19.7. The molecule has 182 valence electrons. The third-order valence-electron chi connectivity index (χ3n) is 6.39. The van der Waals surface area contributed by atoms with Gasteiger partial charge in [-0.25, -0.2) is 0 Å². The van der Waals surface area contributed by atoms with Crippen LogP contribution in [0.25, 0.3) is 10.8 Å². The second kappa shape index (κ2) is 11.4. The Morgan fingerprint density at radius 2 is 1.63 bits per heavy atom. The van der Waals surface area contributed by atoms with Crippen molar-refractivity contribution in [2.45, 2.75) is 17.9 Å². The van der Waals surface area contributed by atoms with Gasteiger partial charge in [-0.2, -0.15) is 0 Å². The third kappa shape index (κ3) is 5.76. The Morgan fingerprint density at radius 3 is 2.29 bits per heavy atom. The fourth-order valence-corrected chi connectivity index (χ4v) is 5.32. The van der Waals surface area contributed by atoms with E-state index in [4.69, 9.17) is 16.3 Å². The highest BCUT2D eigenvalue weighted by molar-refractivity contribution is 9.10. The van der Waals surface area contributed by atoms with Crippen LogP contribution in [0.2, 0.25) is 5.02 Å². The van der Waals surface area contributed by atoms with E-state index in [1.807, 2.05) is 80.8 Å². The number of benzene rings is 4. The van der Waals surface area contributed by atoms with Crippen LogP contribution in [0.1, 0.15) is 29.0 Å². The molecule has 0 fully saturated rings. The molecule has 6 heteroatoms. The Hall–Kier alpha value is -1.89. The maximum absolute atomic E-state index is 12.8. The van der Waals surface area contributed by atoms with Crippen molar-refractivity contribution in [3.63, 3.8) is 0 Å². The minimum Gasteiger partial charge on any atom is -0.482 e. The summed E-state index contributed by atoms with van der Waals surface area (Å²) in [6, 6.07) is 28.0. The van der Waals surface area contributed by atoms with E-state index < -0.39 is 11.5 Å². The van der Waals surface area contributed by atoms with Gasteiger partial charge in [-0.1, -0.05) is 82.1 Å². The number of ether oxygens (including phenoxy) is 1. The van der Waals surface area contributed by atoms with E-state index in [-0.39, 0.29) is 0 Å². The average Bonchev–Trinajstić information content (AvgIpc) is 2.85. The summed E-state index contributed by atoms with van der Waals surface area (Å²) in [6.07, 6.45) is 0.520. The van der Waals surface area contributed by atoms with Crippen molar-refractivity contribution in [2.75, 3.05) is 26.2 Å². The zero-order valence-corrected chi connectivity index (χ0v) is 23.6. The van der Waals surface area contributed by atoms with Crippen molar-refractivity contribution < 1.29 is 9.84 Å². The number of nitrogens with zero attached hydrogens (tertiary/aromatic N) is 1. The van der Waals surface area contributed by atoms with Crippen molar-refractivity contribution in [3.05, 3.63) is 111 Å². The van der Waals surface area contributed by atoms with Gasteiger partial charge in [0.05, 0.1) is 0 Å². The normalized spacial score (nSPS) is 14.1. The van der Waals surface area contributed by atoms with Gasteiger partial charge in [0.15, 0.2) is 0 Å². The Morgan fingerprint density at radius 1 is 0.943 bits per heavy atom. The summed E-state index contributed by atoms with van der Waals surface area (Å²) < 4.78 is 7.07. The number of halogens is 3. The van der Waals surface area contributed by atoms with E-state index in [2.05, 4.69) is 55.0 Å². The fourth-order valence-electron chi connectivity index (χ4n) is 4.68. The van der Waals surface area contributed by atoms with E-state index in [9.17, 15) is 5.11 Å². The molecule has 2 atom stereocenters. The molecule has 0 saturated heterocycles. The Balaban J connectivity index is 2.06. The molecule has 4 aromatic rings. The number of alkyl halides is 1. The lowest BCUT2D eigenvalue weighted by atomic mass is 9.70. The first kappa shape index (κ1) is 26.2. The highest BCUT2D eigenvalue weighted by Gasteiger charge is 2.42. The molecule has 1 N–H and O–H groups in total. The van der Waals surface area contributed by atoms with E-state index in [0.717, 1.165) is 37.7 Å². The molecule has 0 amide bonds. The SMILES string of the molecule is CN(C)CCC(O)(c1ccc(Br)cc1)C(c1ccc(Cl)cc1)c1c(OCBr)ccc2ccccc12. The van der Waals surface area contributed by atoms with Crippen LogP contribution in [0, 0.1) is 0 Å². The highest BCUT2D eigenvalue weighted by atomic mass is 79.9. The number of fused-ring (bicyclic) bond motifs is 1. The highest BCUT2D eigenvalue weighted by Crippen LogP contribution is 2.49. The summed E-state index contributed by atoms with van der Waals surface area (Å²) in [5, 5.41) is 15.6. The molecular weight excluding hydrogens is 590 g/mol. The maximum Gasteiger partial charge on any atom is 0.143 e. The first-order valence-corrected chi connectivity index (χ1v) is 13.7. The summed E-state index contributed by atoms with van der Waals surface area (Å²) in [4.78, 5) is 2.10. The lowest BCUT2D eigenvalue weighted by Gasteiger charge is -2.39. The average molecular weight is 618 g/mol. The fraction of sp³-hybridized carbons (Fsp3) is 0.241. The molecule has 4 rings (SSSR count). The smallest absolute Gasteiger partial charge is 0.143 e. The molecule has 0 aliphatic heterocycles. The van der Waals surface area contributed by atoms with Crippen molar-refractivity contribution in [1.29, 1.82) is 0 Å². The minimum absolute atomic E-state index is 0.347. The van der Waals surface area contributed by atoms with Crippen LogP contribution in [0.15, 0.2) is 89.4 Å². The number of aliphatic hydroxyl groups is 1. The number of hydrogen-bond acceptors (Lipinski definition) is 3. The standard InChI is InChI=1S/C29H28Br2ClNO2/c1-33(2)18-17-29(34,22-10-12-23(31)13-11-22)28(21-7-14-24(32)15-8-21)27-25-6-4-3-5-20(25)9-16-26(27)35-19-30/h3-16,28,34H,17-19H2,1-2H3. The lowest BCUT2D eigenvalue weighted by Crippen LogP contribution is -2.37. The zero-order chi connectivity index (χ0) is 25.0. The molecular formula is C29H28Br2ClNO2. The largest absolute Gasteiger partial charge is 0.482 e. The van der Waals surface area contributed by atoms with Crippen molar-refractivity contribution in [2.24, 2.45) is 0 Å². The molecule has 0 spiro atoms. The van der Waals surface area contributed by atoms with Crippen LogP contribution in [0.5, 0.6) is 5.75 Å². The molecule has 4 aromatic carbocycles. The lowest BCUT2D eigenvalue weighted by molar-refractivity contribution is 0.00425. The second-order valence-corrected chi connectivity index (χ2v) is 10.7. The van der Waals surface area contributed by atoms with Crippen LogP contribution < -0.4 is 4.74 Å². The van der Waals surface area contributed by atoms with Crippen molar-refractivity contribution in [3.8, 4) is 5.75 Å². The monoisotopic (exact) mass is 615 g/mol. The van der Waals surface area contributed by atoms with Crippen molar-refractivity contribution in [1.82, 2.24) is 4.90 Å². The molecule has 0 radical (unpaired) electrons. The van der Waals surface area contributed by atoms with Crippen LogP contribution in [0.3, 0.4) is 0 Å². The van der Waals surface area contributed by atoms with Crippen LogP contribution in [-0.2, 0) is 5.60 Å². The van der Waals surface area contributed by atoms with Gasteiger partial charge in [-0.15, -0.1) is 0 Å². The molecule has 0 saturated carbocycles.